The molecule has 0 saturated heterocycles. The summed E-state index contributed by atoms with van der Waals surface area (Å²) in [6, 6.07) is 6.41. The fourth-order valence-electron chi connectivity index (χ4n) is 3.86. The Labute approximate surface area is 127 Å². The van der Waals surface area contributed by atoms with Crippen molar-refractivity contribution in [1.82, 2.24) is 0 Å². The molecule has 1 unspecified atom stereocenters. The van der Waals surface area contributed by atoms with E-state index in [-0.39, 0.29) is 16.9 Å². The van der Waals surface area contributed by atoms with Crippen LogP contribution in [0.4, 0.5) is 0 Å². The highest BCUT2D eigenvalue weighted by molar-refractivity contribution is 5.92. The molecule has 1 atom stereocenters. The summed E-state index contributed by atoms with van der Waals surface area (Å²) >= 11 is 0. The molecule has 1 aromatic carbocycles. The summed E-state index contributed by atoms with van der Waals surface area (Å²) in [6.45, 7) is 8.76. The summed E-state index contributed by atoms with van der Waals surface area (Å²) in [5, 5.41) is 0. The van der Waals surface area contributed by atoms with Crippen molar-refractivity contribution in [1.29, 1.82) is 0 Å². The molecule has 2 aliphatic carbocycles. The van der Waals surface area contributed by atoms with Crippen LogP contribution in [0.2, 0.25) is 0 Å². The Morgan fingerprint density at radius 3 is 2.43 bits per heavy atom. The molecule has 0 radical (unpaired) electrons. The van der Waals surface area contributed by atoms with Crippen molar-refractivity contribution in [2.75, 3.05) is 0 Å². The Hall–Kier alpha value is -1.31. The van der Waals surface area contributed by atoms with Crippen molar-refractivity contribution >= 4 is 5.78 Å². The number of carbonyl (C=O) groups excluding carboxylic acids is 1. The van der Waals surface area contributed by atoms with Crippen molar-refractivity contribution < 1.29 is 9.53 Å². The molecule has 114 valence electrons. The second kappa shape index (κ2) is 4.86. The van der Waals surface area contributed by atoms with E-state index in [1.165, 1.54) is 24.0 Å². The van der Waals surface area contributed by atoms with Crippen molar-refractivity contribution in [2.24, 2.45) is 5.41 Å². The molecule has 2 nitrogen and oxygen atoms in total. The van der Waals surface area contributed by atoms with Crippen LogP contribution in [0.3, 0.4) is 0 Å². The normalized spacial score (nSPS) is 24.2. The highest BCUT2D eigenvalue weighted by atomic mass is 16.5. The Morgan fingerprint density at radius 2 is 1.86 bits per heavy atom. The van der Waals surface area contributed by atoms with E-state index in [0.29, 0.717) is 12.2 Å². The number of hydrogen-bond acceptors (Lipinski definition) is 2. The average molecular weight is 286 g/mol. The van der Waals surface area contributed by atoms with E-state index in [9.17, 15) is 4.79 Å². The summed E-state index contributed by atoms with van der Waals surface area (Å²) in [5.41, 5.74) is 2.40. The van der Waals surface area contributed by atoms with Crippen LogP contribution in [0.1, 0.15) is 64.0 Å². The summed E-state index contributed by atoms with van der Waals surface area (Å²) in [4.78, 5) is 12.1. The van der Waals surface area contributed by atoms with Crippen molar-refractivity contribution in [3.8, 4) is 5.75 Å². The highest BCUT2D eigenvalue weighted by Crippen LogP contribution is 2.52. The molecule has 0 N–H and O–H groups in total. The van der Waals surface area contributed by atoms with Gasteiger partial charge in [-0.15, -0.1) is 0 Å². The van der Waals surface area contributed by atoms with Gasteiger partial charge in [-0.1, -0.05) is 51.3 Å². The van der Waals surface area contributed by atoms with E-state index in [1.54, 1.807) is 0 Å². The van der Waals surface area contributed by atoms with Crippen LogP contribution < -0.4 is 4.74 Å². The minimum Gasteiger partial charge on any atom is -0.489 e. The number of hydrogen-bond donors (Lipinski definition) is 0. The number of rotatable bonds is 2. The Bertz CT molecular complexity index is 559. The molecule has 1 spiro atoms. The average Bonchev–Trinajstić information content (AvgIpc) is 2.91. The van der Waals surface area contributed by atoms with Crippen LogP contribution in [0.25, 0.3) is 0 Å². The van der Waals surface area contributed by atoms with Gasteiger partial charge in [0.05, 0.1) is 5.41 Å². The zero-order chi connectivity index (χ0) is 15.3. The monoisotopic (exact) mass is 286 g/mol. The number of Topliss-reactive ketones (excluding diaryl/α,β-unsaturated/α-hetero) is 1. The van der Waals surface area contributed by atoms with E-state index in [0.717, 1.165) is 18.6 Å². The first-order valence-electron chi connectivity index (χ1n) is 8.14. The molecule has 2 aliphatic rings. The van der Waals surface area contributed by atoms with Gasteiger partial charge in [0, 0.05) is 6.42 Å². The highest BCUT2D eigenvalue weighted by Gasteiger charge is 2.57. The number of aryl methyl sites for hydroxylation is 1. The molecule has 0 aliphatic heterocycles. The molecule has 0 heterocycles. The van der Waals surface area contributed by atoms with Crippen LogP contribution in [-0.2, 0) is 10.2 Å². The zero-order valence-electron chi connectivity index (χ0n) is 13.7. The van der Waals surface area contributed by atoms with Crippen molar-refractivity contribution in [2.45, 2.75) is 71.3 Å². The molecule has 2 fully saturated rings. The van der Waals surface area contributed by atoms with Crippen LogP contribution in [-0.4, -0.2) is 11.9 Å². The van der Waals surface area contributed by atoms with E-state index >= 15 is 0 Å². The number of benzene rings is 1. The third-order valence-electron chi connectivity index (χ3n) is 5.25. The number of ether oxygens (including phenoxy) is 1. The molecule has 3 rings (SSSR count). The largest absolute Gasteiger partial charge is 0.489 e. The van der Waals surface area contributed by atoms with Gasteiger partial charge in [-0.2, -0.15) is 0 Å². The first-order valence-corrected chi connectivity index (χ1v) is 8.14. The second-order valence-corrected chi connectivity index (χ2v) is 7.85. The van der Waals surface area contributed by atoms with Crippen LogP contribution in [0.15, 0.2) is 18.2 Å². The SMILES string of the molecule is Cc1ccc(OC2CC(=O)C23CCCC3)c(C(C)(C)C)c1. The zero-order valence-corrected chi connectivity index (χ0v) is 13.7. The van der Waals surface area contributed by atoms with Crippen LogP contribution >= 0.6 is 0 Å². The van der Waals surface area contributed by atoms with Gasteiger partial charge >= 0.3 is 0 Å². The van der Waals surface area contributed by atoms with E-state index in [2.05, 4.69) is 45.9 Å². The van der Waals surface area contributed by atoms with Crippen LogP contribution in [0.5, 0.6) is 5.75 Å². The first kappa shape index (κ1) is 14.6. The number of carbonyl (C=O) groups is 1. The lowest BCUT2D eigenvalue weighted by Gasteiger charge is -2.45. The van der Waals surface area contributed by atoms with Gasteiger partial charge in [-0.3, -0.25) is 4.79 Å². The standard InChI is InChI=1S/C19H26O2/c1-13-7-8-15(14(11-13)18(2,3)4)21-17-12-16(20)19(17)9-5-6-10-19/h7-8,11,17H,5-6,9-10,12H2,1-4H3. The molecule has 2 saturated carbocycles. The molecule has 0 aromatic heterocycles. The lowest BCUT2D eigenvalue weighted by Crippen LogP contribution is -2.55. The Kier molecular flexibility index (Phi) is 3.38. The lowest BCUT2D eigenvalue weighted by atomic mass is 9.63. The molecule has 0 bridgehead atoms. The fourth-order valence-corrected chi connectivity index (χ4v) is 3.86. The topological polar surface area (TPSA) is 26.3 Å². The number of ketones is 1. The van der Waals surface area contributed by atoms with Gasteiger partial charge < -0.3 is 4.74 Å². The van der Waals surface area contributed by atoms with Gasteiger partial charge in [0.2, 0.25) is 0 Å². The maximum Gasteiger partial charge on any atom is 0.146 e. The summed E-state index contributed by atoms with van der Waals surface area (Å²) in [7, 11) is 0. The lowest BCUT2D eigenvalue weighted by molar-refractivity contribution is -0.151. The fraction of sp³-hybridized carbons (Fsp3) is 0.632. The third-order valence-corrected chi connectivity index (χ3v) is 5.25. The molecular weight excluding hydrogens is 260 g/mol. The summed E-state index contributed by atoms with van der Waals surface area (Å²) in [6.07, 6.45) is 5.08. The van der Waals surface area contributed by atoms with Crippen LogP contribution in [0, 0.1) is 12.3 Å². The van der Waals surface area contributed by atoms with Gasteiger partial charge in [0.25, 0.3) is 0 Å². The van der Waals surface area contributed by atoms with Crippen molar-refractivity contribution in [3.63, 3.8) is 0 Å². The molecule has 21 heavy (non-hydrogen) atoms. The maximum absolute atomic E-state index is 12.1. The Morgan fingerprint density at radius 1 is 1.19 bits per heavy atom. The molecular formula is C19H26O2. The molecule has 1 aromatic rings. The van der Waals surface area contributed by atoms with Crippen molar-refractivity contribution in [3.05, 3.63) is 29.3 Å². The summed E-state index contributed by atoms with van der Waals surface area (Å²) in [5.74, 6) is 1.39. The van der Waals surface area contributed by atoms with Gasteiger partial charge in [0.15, 0.2) is 0 Å². The van der Waals surface area contributed by atoms with Gasteiger partial charge in [-0.25, -0.2) is 0 Å². The molecule has 0 amide bonds. The predicted octanol–water partition coefficient (Wildman–Crippen LogP) is 4.57. The maximum atomic E-state index is 12.1. The first-order chi connectivity index (χ1) is 9.83. The third kappa shape index (κ3) is 2.39. The minimum absolute atomic E-state index is 0.0535. The van der Waals surface area contributed by atoms with E-state index in [4.69, 9.17) is 4.74 Å². The summed E-state index contributed by atoms with van der Waals surface area (Å²) < 4.78 is 6.35. The van der Waals surface area contributed by atoms with Gasteiger partial charge in [-0.05, 0) is 36.8 Å². The quantitative estimate of drug-likeness (QED) is 0.796. The van der Waals surface area contributed by atoms with Gasteiger partial charge in [0.1, 0.15) is 17.6 Å². The van der Waals surface area contributed by atoms with E-state index < -0.39 is 0 Å². The second-order valence-electron chi connectivity index (χ2n) is 7.85. The predicted molar refractivity (Wildman–Crippen MR) is 84.8 cm³/mol. The molecule has 2 heteroatoms. The smallest absolute Gasteiger partial charge is 0.146 e. The van der Waals surface area contributed by atoms with E-state index in [1.807, 2.05) is 0 Å². The minimum atomic E-state index is -0.153. The Balaban J connectivity index is 1.87.